The quantitative estimate of drug-likeness (QED) is 0.830. The summed E-state index contributed by atoms with van der Waals surface area (Å²) in [6.07, 6.45) is 3.25. The third-order valence-electron chi connectivity index (χ3n) is 2.42. The molecule has 0 saturated carbocycles. The summed E-state index contributed by atoms with van der Waals surface area (Å²) < 4.78 is 10.5. The summed E-state index contributed by atoms with van der Waals surface area (Å²) in [5, 5.41) is 6.93. The lowest BCUT2D eigenvalue weighted by Gasteiger charge is -2.10. The van der Waals surface area contributed by atoms with Crippen LogP contribution in [0.4, 0.5) is 0 Å². The molecule has 0 spiro atoms. The summed E-state index contributed by atoms with van der Waals surface area (Å²) in [7, 11) is 0. The zero-order valence-electron chi connectivity index (χ0n) is 9.85. The predicted octanol–water partition coefficient (Wildman–Crippen LogP) is 2.36. The lowest BCUT2D eigenvalue weighted by molar-refractivity contribution is 0.300. The maximum atomic E-state index is 5.74. The Bertz CT molecular complexity index is 440. The molecule has 0 radical (unpaired) electrons. The van der Waals surface area contributed by atoms with Crippen LogP contribution >= 0.6 is 0 Å². The highest BCUT2D eigenvalue weighted by Crippen LogP contribution is 2.19. The second-order valence-corrected chi connectivity index (χ2v) is 3.71. The number of nitrogens with zero attached hydrogens (tertiary/aromatic N) is 1. The Morgan fingerprint density at radius 2 is 2.24 bits per heavy atom. The van der Waals surface area contributed by atoms with Crippen molar-refractivity contribution in [2.24, 2.45) is 0 Å². The van der Waals surface area contributed by atoms with Gasteiger partial charge in [-0.05, 0) is 12.6 Å². The number of aromatic nitrogens is 1. The molecule has 2 aromatic rings. The summed E-state index contributed by atoms with van der Waals surface area (Å²) in [5.74, 6) is 0.898. The van der Waals surface area contributed by atoms with Gasteiger partial charge in [-0.2, -0.15) is 0 Å². The van der Waals surface area contributed by atoms with Crippen molar-refractivity contribution in [1.29, 1.82) is 0 Å². The van der Waals surface area contributed by atoms with Gasteiger partial charge >= 0.3 is 0 Å². The van der Waals surface area contributed by atoms with Gasteiger partial charge in [-0.3, -0.25) is 0 Å². The van der Waals surface area contributed by atoms with E-state index in [1.807, 2.05) is 18.2 Å². The normalized spacial score (nSPS) is 10.4. The first kappa shape index (κ1) is 11.7. The molecule has 4 nitrogen and oxygen atoms in total. The van der Waals surface area contributed by atoms with Crippen molar-refractivity contribution < 1.29 is 9.26 Å². The Morgan fingerprint density at radius 3 is 3.00 bits per heavy atom. The fraction of sp³-hybridized carbons (Fsp3) is 0.308. The fourth-order valence-corrected chi connectivity index (χ4v) is 1.51. The molecule has 0 fully saturated rings. The fourth-order valence-electron chi connectivity index (χ4n) is 1.51. The number of benzene rings is 1. The summed E-state index contributed by atoms with van der Waals surface area (Å²) in [6.45, 7) is 4.32. The van der Waals surface area contributed by atoms with Crippen molar-refractivity contribution in [3.05, 3.63) is 47.9 Å². The molecular formula is C13H16N2O2. The number of ether oxygens (including phenoxy) is 1. The van der Waals surface area contributed by atoms with Crippen LogP contribution in [0.25, 0.3) is 0 Å². The van der Waals surface area contributed by atoms with Crippen LogP contribution in [0.1, 0.15) is 18.1 Å². The van der Waals surface area contributed by atoms with E-state index < -0.39 is 0 Å². The highest BCUT2D eigenvalue weighted by molar-refractivity contribution is 5.33. The molecule has 0 bridgehead atoms. The lowest BCUT2D eigenvalue weighted by atomic mass is 10.2. The largest absolute Gasteiger partial charge is 0.488 e. The first-order valence-corrected chi connectivity index (χ1v) is 5.70. The summed E-state index contributed by atoms with van der Waals surface area (Å²) >= 11 is 0. The maximum absolute atomic E-state index is 5.74. The average molecular weight is 232 g/mol. The maximum Gasteiger partial charge on any atom is 0.130 e. The van der Waals surface area contributed by atoms with E-state index in [9.17, 15) is 0 Å². The number of hydrogen-bond acceptors (Lipinski definition) is 4. The molecule has 4 heteroatoms. The van der Waals surface area contributed by atoms with Crippen LogP contribution in [0.15, 0.2) is 41.2 Å². The van der Waals surface area contributed by atoms with Crippen molar-refractivity contribution in [3.8, 4) is 5.75 Å². The molecule has 2 rings (SSSR count). The Hall–Kier alpha value is -1.81. The third-order valence-corrected chi connectivity index (χ3v) is 2.42. The minimum Gasteiger partial charge on any atom is -0.488 e. The molecule has 0 amide bonds. The minimum absolute atomic E-state index is 0.479. The topological polar surface area (TPSA) is 47.3 Å². The summed E-state index contributed by atoms with van der Waals surface area (Å²) in [5.41, 5.74) is 2.09. The average Bonchev–Trinajstić information content (AvgIpc) is 2.88. The predicted molar refractivity (Wildman–Crippen MR) is 64.7 cm³/mol. The molecule has 0 atom stereocenters. The molecule has 0 unspecified atom stereocenters. The molecular weight excluding hydrogens is 216 g/mol. The van der Waals surface area contributed by atoms with Crippen LogP contribution in [0, 0.1) is 0 Å². The van der Waals surface area contributed by atoms with Crippen molar-refractivity contribution >= 4 is 0 Å². The number of para-hydroxylation sites is 1. The van der Waals surface area contributed by atoms with E-state index in [0.717, 1.165) is 30.0 Å². The van der Waals surface area contributed by atoms with E-state index in [1.54, 1.807) is 12.5 Å². The summed E-state index contributed by atoms with van der Waals surface area (Å²) in [6, 6.07) is 8.02. The molecule has 0 aliphatic heterocycles. The molecule has 1 aromatic heterocycles. The first-order valence-electron chi connectivity index (χ1n) is 5.70. The zero-order valence-corrected chi connectivity index (χ0v) is 9.85. The van der Waals surface area contributed by atoms with Gasteiger partial charge < -0.3 is 14.6 Å². The molecule has 1 heterocycles. The second-order valence-electron chi connectivity index (χ2n) is 3.71. The van der Waals surface area contributed by atoms with Crippen LogP contribution in [-0.4, -0.2) is 11.7 Å². The SMILES string of the molecule is CCNCc1ccccc1OCc1cnoc1. The van der Waals surface area contributed by atoms with Crippen molar-refractivity contribution in [2.45, 2.75) is 20.1 Å². The molecule has 0 aliphatic rings. The van der Waals surface area contributed by atoms with Gasteiger partial charge in [0.2, 0.25) is 0 Å². The highest BCUT2D eigenvalue weighted by atomic mass is 16.5. The molecule has 90 valence electrons. The van der Waals surface area contributed by atoms with E-state index in [2.05, 4.69) is 23.5 Å². The van der Waals surface area contributed by atoms with E-state index in [1.165, 1.54) is 0 Å². The van der Waals surface area contributed by atoms with Gasteiger partial charge in [-0.1, -0.05) is 30.3 Å². The van der Waals surface area contributed by atoms with Crippen LogP contribution in [0.2, 0.25) is 0 Å². The Kier molecular flexibility index (Phi) is 4.16. The van der Waals surface area contributed by atoms with E-state index in [4.69, 9.17) is 9.26 Å². The van der Waals surface area contributed by atoms with Gasteiger partial charge in [0, 0.05) is 17.7 Å². The molecule has 0 saturated heterocycles. The zero-order chi connectivity index (χ0) is 11.9. The Morgan fingerprint density at radius 1 is 1.35 bits per heavy atom. The monoisotopic (exact) mass is 232 g/mol. The number of hydrogen-bond donors (Lipinski definition) is 1. The van der Waals surface area contributed by atoms with Crippen LogP contribution in [0.3, 0.4) is 0 Å². The first-order chi connectivity index (χ1) is 8.40. The van der Waals surface area contributed by atoms with E-state index in [-0.39, 0.29) is 0 Å². The van der Waals surface area contributed by atoms with Gasteiger partial charge in [-0.25, -0.2) is 0 Å². The molecule has 0 aliphatic carbocycles. The molecule has 17 heavy (non-hydrogen) atoms. The standard InChI is InChI=1S/C13H16N2O2/c1-2-14-8-12-5-3-4-6-13(12)16-9-11-7-15-17-10-11/h3-7,10,14H,2,8-9H2,1H3. The molecule has 1 aromatic carbocycles. The molecule has 1 N–H and O–H groups in total. The lowest BCUT2D eigenvalue weighted by Crippen LogP contribution is -2.12. The van der Waals surface area contributed by atoms with E-state index >= 15 is 0 Å². The van der Waals surface area contributed by atoms with Crippen LogP contribution in [0.5, 0.6) is 5.75 Å². The third kappa shape index (κ3) is 3.32. The van der Waals surface area contributed by atoms with E-state index in [0.29, 0.717) is 6.61 Å². The number of nitrogens with one attached hydrogen (secondary N) is 1. The van der Waals surface area contributed by atoms with Gasteiger partial charge in [0.15, 0.2) is 0 Å². The summed E-state index contributed by atoms with van der Waals surface area (Å²) in [4.78, 5) is 0. The minimum atomic E-state index is 0.479. The second kappa shape index (κ2) is 6.06. The highest BCUT2D eigenvalue weighted by Gasteiger charge is 2.03. The van der Waals surface area contributed by atoms with Crippen LogP contribution < -0.4 is 10.1 Å². The van der Waals surface area contributed by atoms with Gasteiger partial charge in [0.25, 0.3) is 0 Å². The van der Waals surface area contributed by atoms with Crippen molar-refractivity contribution in [2.75, 3.05) is 6.54 Å². The smallest absolute Gasteiger partial charge is 0.130 e. The van der Waals surface area contributed by atoms with Crippen molar-refractivity contribution in [1.82, 2.24) is 10.5 Å². The Balaban J connectivity index is 1.99. The van der Waals surface area contributed by atoms with Gasteiger partial charge in [0.05, 0.1) is 6.20 Å². The number of rotatable bonds is 6. The van der Waals surface area contributed by atoms with Crippen molar-refractivity contribution in [3.63, 3.8) is 0 Å². The van der Waals surface area contributed by atoms with Gasteiger partial charge in [-0.15, -0.1) is 0 Å². The van der Waals surface area contributed by atoms with Crippen LogP contribution in [-0.2, 0) is 13.2 Å². The Labute approximate surface area is 101 Å². The van der Waals surface area contributed by atoms with Gasteiger partial charge in [0.1, 0.15) is 18.6 Å².